The zero-order valence-electron chi connectivity index (χ0n) is 29.4. The molecule has 6 N–H and O–H groups in total. The van der Waals surface area contributed by atoms with Crippen molar-refractivity contribution in [3.05, 3.63) is 29.8 Å². The second-order valence-corrected chi connectivity index (χ2v) is 17.6. The molecule has 6 rings (SSSR count). The van der Waals surface area contributed by atoms with Gasteiger partial charge in [0.05, 0.1) is 11.5 Å². The highest BCUT2D eigenvalue weighted by atomic mass is 16.3. The van der Waals surface area contributed by atoms with Crippen molar-refractivity contribution in [1.29, 1.82) is 0 Å². The molecule has 260 valence electrons. The lowest BCUT2D eigenvalue weighted by atomic mass is 9.32. The van der Waals surface area contributed by atoms with Crippen LogP contribution in [0, 0.1) is 56.7 Å². The monoisotopic (exact) mass is 650 g/mol. The summed E-state index contributed by atoms with van der Waals surface area (Å²) in [5.74, 6) is -0.118. The zero-order chi connectivity index (χ0) is 34.3. The number of rotatable bonds is 6. The Balaban J connectivity index is 1.21. The van der Waals surface area contributed by atoms with Crippen LogP contribution in [0.5, 0.6) is 17.2 Å². The number of hydrogen-bond acceptors (Lipinski definition) is 6. The molecular formula is C39H58N2O6. The summed E-state index contributed by atoms with van der Waals surface area (Å²) < 4.78 is 0. The number of aliphatic hydroxyl groups excluding tert-OH is 1. The molecule has 5 fully saturated rings. The number of aromatic hydroxyl groups is 3. The van der Waals surface area contributed by atoms with Gasteiger partial charge in [-0.2, -0.15) is 0 Å². The van der Waals surface area contributed by atoms with Gasteiger partial charge in [0.15, 0.2) is 17.2 Å². The summed E-state index contributed by atoms with van der Waals surface area (Å²) in [6.07, 6.45) is 10.1. The third-order valence-electron chi connectivity index (χ3n) is 15.5. The van der Waals surface area contributed by atoms with Crippen molar-refractivity contribution in [3.8, 4) is 17.2 Å². The average Bonchev–Trinajstić information content (AvgIpc) is 3.41. The second kappa shape index (κ2) is 11.4. The summed E-state index contributed by atoms with van der Waals surface area (Å²) in [7, 11) is 0. The van der Waals surface area contributed by atoms with Crippen molar-refractivity contribution in [1.82, 2.24) is 10.6 Å². The number of carbonyl (C=O) groups excluding carboxylic acids is 2. The number of allylic oxidation sites excluding steroid dienone is 1. The van der Waals surface area contributed by atoms with E-state index < -0.39 is 28.6 Å². The van der Waals surface area contributed by atoms with Gasteiger partial charge in [0.1, 0.15) is 0 Å². The van der Waals surface area contributed by atoms with E-state index in [0.717, 1.165) is 63.5 Å². The fraction of sp³-hybridized carbons (Fsp3) is 0.744. The van der Waals surface area contributed by atoms with Gasteiger partial charge in [0.25, 0.3) is 5.91 Å². The van der Waals surface area contributed by atoms with Gasteiger partial charge in [0, 0.05) is 18.7 Å². The molecule has 0 aromatic heterocycles. The Morgan fingerprint density at radius 1 is 0.809 bits per heavy atom. The Labute approximate surface area is 280 Å². The van der Waals surface area contributed by atoms with Crippen molar-refractivity contribution in [2.45, 2.75) is 112 Å². The molecule has 47 heavy (non-hydrogen) atoms. The summed E-state index contributed by atoms with van der Waals surface area (Å²) in [5, 5.41) is 46.1. The Morgan fingerprint density at radius 3 is 2.13 bits per heavy atom. The van der Waals surface area contributed by atoms with E-state index in [2.05, 4.69) is 58.8 Å². The third-order valence-corrected chi connectivity index (χ3v) is 15.5. The molecule has 0 bridgehead atoms. The van der Waals surface area contributed by atoms with Crippen molar-refractivity contribution < 1.29 is 30.0 Å². The van der Waals surface area contributed by atoms with Crippen LogP contribution in [-0.2, 0) is 4.79 Å². The minimum Gasteiger partial charge on any atom is -0.504 e. The number of phenolic OH excluding ortho intramolecular Hbond substituents is 3. The lowest BCUT2D eigenvalue weighted by molar-refractivity contribution is -0.246. The molecule has 0 unspecified atom stereocenters. The Morgan fingerprint density at radius 2 is 1.47 bits per heavy atom. The van der Waals surface area contributed by atoms with Crippen LogP contribution >= 0.6 is 0 Å². The predicted octanol–water partition coefficient (Wildman–Crippen LogP) is 6.67. The maximum Gasteiger partial charge on any atom is 0.251 e. The van der Waals surface area contributed by atoms with E-state index in [9.17, 15) is 30.0 Å². The van der Waals surface area contributed by atoms with E-state index in [-0.39, 0.29) is 58.2 Å². The number of aliphatic hydroxyl groups is 1. The number of nitrogens with one attached hydrogen (secondary N) is 2. The van der Waals surface area contributed by atoms with E-state index >= 15 is 0 Å². The third kappa shape index (κ3) is 4.85. The molecule has 0 spiro atoms. The molecule has 0 heterocycles. The molecule has 5 saturated carbocycles. The number of hydrogen-bond donors (Lipinski definition) is 6. The van der Waals surface area contributed by atoms with Crippen LogP contribution in [0.3, 0.4) is 0 Å². The summed E-state index contributed by atoms with van der Waals surface area (Å²) in [5.41, 5.74) is 1.18. The minimum absolute atomic E-state index is 0.0226. The quantitative estimate of drug-likeness (QED) is 0.116. The van der Waals surface area contributed by atoms with Gasteiger partial charge in [-0.05, 0) is 135 Å². The Kier molecular flexibility index (Phi) is 8.29. The molecule has 10 atom stereocenters. The van der Waals surface area contributed by atoms with Crippen LogP contribution in [0.1, 0.15) is 116 Å². The Bertz CT molecular complexity index is 1430. The fourth-order valence-electron chi connectivity index (χ4n) is 12.9. The molecule has 0 aliphatic heterocycles. The second-order valence-electron chi connectivity index (χ2n) is 17.6. The van der Waals surface area contributed by atoms with Gasteiger partial charge >= 0.3 is 0 Å². The van der Waals surface area contributed by atoms with Crippen LogP contribution in [0.4, 0.5) is 0 Å². The highest BCUT2D eigenvalue weighted by Gasteiger charge is 2.71. The SMILES string of the molecule is C=C(C)[C@@H]1CC[C@]2(C(=O)NCCNC(=O)c3cc(O)c(O)c(O)c3)CC[C@]3(C)[C@H](CC[C@@H]4[C@@]5(C)CC[C@H](O)C(C)(C)[C@@H]5CC[C@]43C)[C@@H]12. The van der Waals surface area contributed by atoms with Gasteiger partial charge in [-0.15, -0.1) is 0 Å². The predicted molar refractivity (Wildman–Crippen MR) is 182 cm³/mol. The Hall–Kier alpha value is -2.74. The average molecular weight is 651 g/mol. The number of fused-ring (bicyclic) bond motifs is 7. The van der Waals surface area contributed by atoms with Crippen molar-refractivity contribution in [2.75, 3.05) is 13.1 Å². The lowest BCUT2D eigenvalue weighted by Gasteiger charge is -2.72. The van der Waals surface area contributed by atoms with E-state index in [0.29, 0.717) is 23.7 Å². The van der Waals surface area contributed by atoms with E-state index in [4.69, 9.17) is 0 Å². The lowest BCUT2D eigenvalue weighted by Crippen LogP contribution is -2.67. The minimum atomic E-state index is -0.669. The molecule has 2 amide bonds. The van der Waals surface area contributed by atoms with Gasteiger partial charge in [-0.1, -0.05) is 46.8 Å². The highest BCUT2D eigenvalue weighted by molar-refractivity contribution is 5.95. The van der Waals surface area contributed by atoms with Gasteiger partial charge in [-0.25, -0.2) is 0 Å². The van der Waals surface area contributed by atoms with E-state index in [1.807, 2.05) is 0 Å². The van der Waals surface area contributed by atoms with Crippen LogP contribution in [-0.4, -0.2) is 51.4 Å². The summed E-state index contributed by atoms with van der Waals surface area (Å²) in [6, 6.07) is 2.20. The molecule has 1 aromatic rings. The van der Waals surface area contributed by atoms with Gasteiger partial charge in [-0.3, -0.25) is 9.59 Å². The summed E-state index contributed by atoms with van der Waals surface area (Å²) in [6.45, 7) is 19.4. The summed E-state index contributed by atoms with van der Waals surface area (Å²) in [4.78, 5) is 27.0. The first kappa shape index (κ1) is 34.1. The van der Waals surface area contributed by atoms with Crippen molar-refractivity contribution in [3.63, 3.8) is 0 Å². The first-order valence-electron chi connectivity index (χ1n) is 18.1. The molecule has 1 aromatic carbocycles. The molecule has 0 saturated heterocycles. The topological polar surface area (TPSA) is 139 Å². The fourth-order valence-corrected chi connectivity index (χ4v) is 12.9. The van der Waals surface area contributed by atoms with Gasteiger partial charge in [0.2, 0.25) is 5.91 Å². The van der Waals surface area contributed by atoms with Crippen molar-refractivity contribution in [2.24, 2.45) is 56.7 Å². The van der Waals surface area contributed by atoms with Crippen molar-refractivity contribution >= 4 is 11.8 Å². The highest BCUT2D eigenvalue weighted by Crippen LogP contribution is 2.77. The molecule has 5 aliphatic rings. The maximum atomic E-state index is 14.3. The molecule has 8 nitrogen and oxygen atoms in total. The van der Waals surface area contributed by atoms with Crippen LogP contribution in [0.25, 0.3) is 0 Å². The van der Waals surface area contributed by atoms with E-state index in [1.54, 1.807) is 0 Å². The standard InChI is InChI=1S/C39H58N2O6/c1-22(2)24-10-15-39(34(47)41-19-18-40-33(46)23-20-26(42)32(45)27(43)21-23)17-16-37(6)25(31(24)39)8-9-29-36(5)13-12-30(44)35(3,4)28(36)11-14-38(29,37)7/h20-21,24-25,28-31,42-45H,1,8-19H2,2-7H3,(H,40,46)(H,41,47)/t24-,25+,28-,29+,30-,31+,36-,37+,38+,39-/m0/s1. The number of benzene rings is 1. The number of carbonyl (C=O) groups is 2. The molecule has 5 aliphatic carbocycles. The first-order chi connectivity index (χ1) is 21.9. The molecule has 0 radical (unpaired) electrons. The first-order valence-corrected chi connectivity index (χ1v) is 18.1. The zero-order valence-corrected chi connectivity index (χ0v) is 29.4. The van der Waals surface area contributed by atoms with E-state index in [1.165, 1.54) is 18.4 Å². The number of phenols is 3. The normalized spacial score (nSPS) is 41.9. The molecular weight excluding hydrogens is 592 g/mol. The van der Waals surface area contributed by atoms with Crippen LogP contribution in [0.15, 0.2) is 24.3 Å². The summed E-state index contributed by atoms with van der Waals surface area (Å²) >= 11 is 0. The largest absolute Gasteiger partial charge is 0.504 e. The van der Waals surface area contributed by atoms with Crippen LogP contribution in [0.2, 0.25) is 0 Å². The van der Waals surface area contributed by atoms with Crippen LogP contribution < -0.4 is 10.6 Å². The number of amides is 2. The smallest absolute Gasteiger partial charge is 0.251 e. The van der Waals surface area contributed by atoms with Gasteiger partial charge < -0.3 is 31.1 Å². The maximum absolute atomic E-state index is 14.3. The molecule has 8 heteroatoms.